The summed E-state index contributed by atoms with van der Waals surface area (Å²) in [5, 5.41) is 9.54. The van der Waals surface area contributed by atoms with Gasteiger partial charge in [0.1, 0.15) is 5.82 Å². The molecular formula is C14H18FNO2. The number of nitrogens with zero attached hydrogens (tertiary/aromatic N) is 1. The van der Waals surface area contributed by atoms with Gasteiger partial charge in [-0.25, -0.2) is 4.39 Å². The number of carboxylic acid groups (broad SMARTS) is 1. The first-order chi connectivity index (χ1) is 8.60. The highest BCUT2D eigenvalue weighted by Crippen LogP contribution is 2.37. The van der Waals surface area contributed by atoms with Crippen LogP contribution in [0.25, 0.3) is 0 Å². The number of carbonyl (C=O) groups is 1. The van der Waals surface area contributed by atoms with Crippen molar-refractivity contribution in [1.29, 1.82) is 0 Å². The highest BCUT2D eigenvalue weighted by atomic mass is 19.1. The Morgan fingerprint density at radius 3 is 2.50 bits per heavy atom. The molecule has 0 amide bonds. The molecule has 1 fully saturated rings. The molecule has 1 aromatic rings. The summed E-state index contributed by atoms with van der Waals surface area (Å²) in [6.07, 6.45) is 0.939. The maximum atomic E-state index is 13.9. The minimum atomic E-state index is -1.06. The second kappa shape index (κ2) is 5.06. The second-order valence-electron chi connectivity index (χ2n) is 4.80. The average Bonchev–Trinajstić information content (AvgIpc) is 2.39. The molecule has 0 radical (unpaired) electrons. The Labute approximate surface area is 106 Å². The average molecular weight is 251 g/mol. The van der Waals surface area contributed by atoms with Gasteiger partial charge in [0.2, 0.25) is 0 Å². The highest BCUT2D eigenvalue weighted by molar-refractivity contribution is 5.81. The summed E-state index contributed by atoms with van der Waals surface area (Å²) in [4.78, 5) is 13.8. The van der Waals surface area contributed by atoms with Crippen molar-refractivity contribution in [3.05, 3.63) is 35.6 Å². The topological polar surface area (TPSA) is 40.5 Å². The molecule has 0 aliphatic carbocycles. The summed E-state index contributed by atoms with van der Waals surface area (Å²) in [5.41, 5.74) is -0.731. The molecule has 4 heteroatoms. The number of benzene rings is 1. The minimum Gasteiger partial charge on any atom is -0.481 e. The fraction of sp³-hybridized carbons (Fsp3) is 0.500. The molecule has 0 saturated carbocycles. The smallest absolute Gasteiger partial charge is 0.314 e. The number of hydrogen-bond donors (Lipinski definition) is 1. The normalized spacial score (nSPS) is 19.7. The molecule has 3 nitrogen and oxygen atoms in total. The Morgan fingerprint density at radius 2 is 2.00 bits per heavy atom. The zero-order chi connectivity index (χ0) is 13.2. The van der Waals surface area contributed by atoms with Gasteiger partial charge in [-0.05, 0) is 38.5 Å². The van der Waals surface area contributed by atoms with E-state index in [1.807, 2.05) is 0 Å². The van der Waals surface area contributed by atoms with E-state index in [0.717, 1.165) is 6.54 Å². The molecule has 0 spiro atoms. The third-order valence-electron chi connectivity index (χ3n) is 3.96. The Morgan fingerprint density at radius 1 is 1.39 bits per heavy atom. The van der Waals surface area contributed by atoms with E-state index in [2.05, 4.69) is 11.8 Å². The van der Waals surface area contributed by atoms with E-state index in [4.69, 9.17) is 0 Å². The molecular weight excluding hydrogens is 233 g/mol. The SMILES string of the molecule is CCN1CCC(C(=O)O)(c2ccccc2F)CC1. The summed E-state index contributed by atoms with van der Waals surface area (Å²) in [6.45, 7) is 4.37. The van der Waals surface area contributed by atoms with Gasteiger partial charge in [0.15, 0.2) is 0 Å². The van der Waals surface area contributed by atoms with Crippen molar-refractivity contribution in [2.75, 3.05) is 19.6 Å². The lowest BCUT2D eigenvalue weighted by molar-refractivity contribution is -0.146. The van der Waals surface area contributed by atoms with Crippen LogP contribution >= 0.6 is 0 Å². The first-order valence-electron chi connectivity index (χ1n) is 6.31. The van der Waals surface area contributed by atoms with Crippen LogP contribution in [-0.4, -0.2) is 35.6 Å². The molecule has 2 rings (SSSR count). The standard InChI is InChI=1S/C14H18FNO2/c1-2-16-9-7-14(8-10-16,13(17)18)11-5-3-4-6-12(11)15/h3-6H,2,7-10H2,1H3,(H,17,18). The van der Waals surface area contributed by atoms with Gasteiger partial charge in [0, 0.05) is 5.56 Å². The summed E-state index contributed by atoms with van der Waals surface area (Å²) >= 11 is 0. The van der Waals surface area contributed by atoms with Gasteiger partial charge in [-0.3, -0.25) is 4.79 Å². The van der Waals surface area contributed by atoms with E-state index in [0.29, 0.717) is 31.5 Å². The molecule has 0 aromatic heterocycles. The number of rotatable bonds is 3. The van der Waals surface area contributed by atoms with Gasteiger partial charge in [-0.15, -0.1) is 0 Å². The lowest BCUT2D eigenvalue weighted by atomic mass is 9.72. The molecule has 18 heavy (non-hydrogen) atoms. The number of piperidine rings is 1. The molecule has 1 N–H and O–H groups in total. The van der Waals surface area contributed by atoms with E-state index < -0.39 is 17.2 Å². The number of aliphatic carboxylic acids is 1. The van der Waals surface area contributed by atoms with Crippen LogP contribution in [-0.2, 0) is 10.2 Å². The minimum absolute atomic E-state index is 0.327. The Kier molecular flexibility index (Phi) is 3.66. The van der Waals surface area contributed by atoms with Crippen molar-refractivity contribution in [2.24, 2.45) is 0 Å². The van der Waals surface area contributed by atoms with Gasteiger partial charge < -0.3 is 10.0 Å². The van der Waals surface area contributed by atoms with Gasteiger partial charge in [-0.2, -0.15) is 0 Å². The zero-order valence-corrected chi connectivity index (χ0v) is 10.5. The van der Waals surface area contributed by atoms with Crippen LogP contribution in [0, 0.1) is 5.82 Å². The fourth-order valence-corrected chi connectivity index (χ4v) is 2.70. The first-order valence-corrected chi connectivity index (χ1v) is 6.31. The van der Waals surface area contributed by atoms with Crippen molar-refractivity contribution >= 4 is 5.97 Å². The highest BCUT2D eigenvalue weighted by Gasteiger charge is 2.44. The van der Waals surface area contributed by atoms with E-state index in [1.54, 1.807) is 18.2 Å². The third kappa shape index (κ3) is 2.12. The zero-order valence-electron chi connectivity index (χ0n) is 10.5. The fourth-order valence-electron chi connectivity index (χ4n) is 2.70. The Balaban J connectivity index is 2.35. The predicted octanol–water partition coefficient (Wildman–Crippen LogP) is 2.26. The van der Waals surface area contributed by atoms with E-state index in [9.17, 15) is 14.3 Å². The summed E-state index contributed by atoms with van der Waals surface area (Å²) < 4.78 is 13.9. The van der Waals surface area contributed by atoms with E-state index in [-0.39, 0.29) is 0 Å². The van der Waals surface area contributed by atoms with Crippen molar-refractivity contribution in [1.82, 2.24) is 4.90 Å². The lowest BCUT2D eigenvalue weighted by Crippen LogP contribution is -2.47. The molecule has 1 heterocycles. The van der Waals surface area contributed by atoms with Crippen LogP contribution in [0.4, 0.5) is 4.39 Å². The number of carboxylic acids is 1. The maximum absolute atomic E-state index is 13.9. The Bertz CT molecular complexity index is 439. The number of hydrogen-bond acceptors (Lipinski definition) is 2. The molecule has 98 valence electrons. The predicted molar refractivity (Wildman–Crippen MR) is 67.1 cm³/mol. The first kappa shape index (κ1) is 13.0. The van der Waals surface area contributed by atoms with Crippen LogP contribution in [0.5, 0.6) is 0 Å². The van der Waals surface area contributed by atoms with Crippen molar-refractivity contribution in [3.63, 3.8) is 0 Å². The van der Waals surface area contributed by atoms with Crippen molar-refractivity contribution in [3.8, 4) is 0 Å². The molecule has 1 aromatic carbocycles. The van der Waals surface area contributed by atoms with Gasteiger partial charge in [0.25, 0.3) is 0 Å². The van der Waals surface area contributed by atoms with Gasteiger partial charge in [-0.1, -0.05) is 25.1 Å². The Hall–Kier alpha value is -1.42. The monoisotopic (exact) mass is 251 g/mol. The van der Waals surface area contributed by atoms with Crippen molar-refractivity contribution < 1.29 is 14.3 Å². The number of likely N-dealkylation sites (tertiary alicyclic amines) is 1. The maximum Gasteiger partial charge on any atom is 0.314 e. The van der Waals surface area contributed by atoms with Crippen LogP contribution in [0.2, 0.25) is 0 Å². The largest absolute Gasteiger partial charge is 0.481 e. The summed E-state index contributed by atoms with van der Waals surface area (Å²) in [7, 11) is 0. The molecule has 0 atom stereocenters. The molecule has 1 saturated heterocycles. The number of halogens is 1. The summed E-state index contributed by atoms with van der Waals surface area (Å²) in [6, 6.07) is 6.24. The second-order valence-corrected chi connectivity index (χ2v) is 4.80. The quantitative estimate of drug-likeness (QED) is 0.895. The molecule has 0 unspecified atom stereocenters. The van der Waals surface area contributed by atoms with E-state index in [1.165, 1.54) is 6.07 Å². The molecule has 0 bridgehead atoms. The van der Waals surface area contributed by atoms with Crippen LogP contribution in [0.15, 0.2) is 24.3 Å². The van der Waals surface area contributed by atoms with Gasteiger partial charge in [0.05, 0.1) is 5.41 Å². The van der Waals surface area contributed by atoms with Crippen LogP contribution < -0.4 is 0 Å². The van der Waals surface area contributed by atoms with Gasteiger partial charge >= 0.3 is 5.97 Å². The summed E-state index contributed by atoms with van der Waals surface area (Å²) in [5.74, 6) is -1.33. The lowest BCUT2D eigenvalue weighted by Gasteiger charge is -2.38. The van der Waals surface area contributed by atoms with Crippen molar-refractivity contribution in [2.45, 2.75) is 25.2 Å². The van der Waals surface area contributed by atoms with E-state index >= 15 is 0 Å². The molecule has 1 aliphatic heterocycles. The van der Waals surface area contributed by atoms with Crippen LogP contribution in [0.1, 0.15) is 25.3 Å². The van der Waals surface area contributed by atoms with Crippen LogP contribution in [0.3, 0.4) is 0 Å². The third-order valence-corrected chi connectivity index (χ3v) is 3.96. The molecule has 1 aliphatic rings.